The van der Waals surface area contributed by atoms with Crippen molar-refractivity contribution in [1.29, 1.82) is 0 Å². The first-order chi connectivity index (χ1) is 6.20. The number of hydrogen-bond donors (Lipinski definition) is 0. The molecule has 0 saturated heterocycles. The van der Waals surface area contributed by atoms with Crippen molar-refractivity contribution in [1.82, 2.24) is 0 Å². The molecule has 80 valence electrons. The van der Waals surface area contributed by atoms with Crippen molar-refractivity contribution in [3.05, 3.63) is 0 Å². The van der Waals surface area contributed by atoms with E-state index in [1.807, 2.05) is 0 Å². The van der Waals surface area contributed by atoms with Crippen LogP contribution in [0.4, 0.5) is 0 Å². The molecule has 0 radical (unpaired) electrons. The molecule has 0 N–H and O–H groups in total. The molecule has 0 bridgehead atoms. The van der Waals surface area contributed by atoms with Gasteiger partial charge in [-0.3, -0.25) is 0 Å². The second-order valence-electron chi connectivity index (χ2n) is 3.39. The van der Waals surface area contributed by atoms with Gasteiger partial charge in [0, 0.05) is 12.3 Å². The Hall–Kier alpha value is 2.19. The van der Waals surface area contributed by atoms with E-state index in [0.29, 0.717) is 0 Å². The van der Waals surface area contributed by atoms with E-state index in [9.17, 15) is 0 Å². The fraction of sp³-hybridized carbons (Fsp3) is 1.00. The molecule has 2 unspecified atom stereocenters. The van der Waals surface area contributed by atoms with Crippen molar-refractivity contribution >= 4 is 67.8 Å². The zero-order valence-corrected chi connectivity index (χ0v) is 14.7. The predicted octanol–water partition coefficient (Wildman–Crippen LogP) is 5.39. The van der Waals surface area contributed by atoms with Crippen LogP contribution in [-0.4, -0.2) is 12.3 Å². The molecule has 0 fully saturated rings. The molecule has 2 atom stereocenters. The molecule has 0 aromatic carbocycles. The lowest BCUT2D eigenvalue weighted by Crippen LogP contribution is -2.02. The van der Waals surface area contributed by atoms with Crippen LogP contribution in [-0.2, 0) is 0 Å². The van der Waals surface area contributed by atoms with E-state index in [-0.39, 0.29) is 0 Å². The monoisotopic (exact) mass is 520 g/mol. The van der Waals surface area contributed by atoms with Crippen LogP contribution in [0.2, 0.25) is 0 Å². The van der Waals surface area contributed by atoms with Crippen molar-refractivity contribution in [3.8, 4) is 0 Å². The third-order valence-electron chi connectivity index (χ3n) is 2.06. The van der Waals surface area contributed by atoms with Crippen molar-refractivity contribution < 1.29 is 0 Å². The molecule has 0 aliphatic rings. The number of hydrogen-bond acceptors (Lipinski definition) is 0. The van der Waals surface area contributed by atoms with E-state index >= 15 is 0 Å². The van der Waals surface area contributed by atoms with Gasteiger partial charge in [-0.05, 0) is 25.7 Å². The lowest BCUT2D eigenvalue weighted by molar-refractivity contribution is 0.624. The molecule has 3 heteroatoms. The van der Waals surface area contributed by atoms with Crippen LogP contribution in [0.1, 0.15) is 45.4 Å². The highest BCUT2D eigenvalue weighted by molar-refractivity contribution is 14.1. The minimum atomic E-state index is 0.916. The topological polar surface area (TPSA) is 0 Å². The predicted molar refractivity (Wildman–Crippen MR) is 87.9 cm³/mol. The summed E-state index contributed by atoms with van der Waals surface area (Å²) < 4.78 is 3.15. The van der Waals surface area contributed by atoms with Crippen LogP contribution < -0.4 is 0 Å². The summed E-state index contributed by atoms with van der Waals surface area (Å²) in [6, 6.07) is 0. The lowest BCUT2D eigenvalue weighted by atomic mass is 10.1. The summed E-state index contributed by atoms with van der Waals surface area (Å²) in [5, 5.41) is 0. The van der Waals surface area contributed by atoms with Gasteiger partial charge in [0.25, 0.3) is 0 Å². The maximum Gasteiger partial charge on any atom is 0.0117 e. The van der Waals surface area contributed by atoms with Gasteiger partial charge in [0.05, 0.1) is 0 Å². The Bertz CT molecular complexity index is 94.3. The van der Waals surface area contributed by atoms with Gasteiger partial charge in [0.15, 0.2) is 0 Å². The molecule has 0 nitrogen and oxygen atoms in total. The fourth-order valence-corrected chi connectivity index (χ4v) is 5.04. The maximum atomic E-state index is 2.61. The molecule has 0 aliphatic carbocycles. The van der Waals surface area contributed by atoms with Gasteiger partial charge in [-0.2, -0.15) is 0 Å². The Morgan fingerprint density at radius 3 is 1.92 bits per heavy atom. The number of alkyl halides is 3. The minimum absolute atomic E-state index is 0.916. The summed E-state index contributed by atoms with van der Waals surface area (Å²) in [4.78, 5) is 0. The second kappa shape index (κ2) is 10.7. The van der Waals surface area contributed by atoms with E-state index in [1.54, 1.807) is 0 Å². The number of rotatable bonds is 8. The van der Waals surface area contributed by atoms with Gasteiger partial charge in [0.1, 0.15) is 0 Å². The molecular formula is C10H19I3. The van der Waals surface area contributed by atoms with Crippen LogP contribution in [0, 0.1) is 0 Å². The smallest absolute Gasteiger partial charge is 0.0117 e. The first-order valence-corrected chi connectivity index (χ1v) is 9.06. The Labute approximate surface area is 124 Å². The molecule has 0 saturated carbocycles. The summed E-state index contributed by atoms with van der Waals surface area (Å²) in [6.07, 6.45) is 8.41. The van der Waals surface area contributed by atoms with Crippen LogP contribution in [0.3, 0.4) is 0 Å². The average Bonchev–Trinajstić information content (AvgIpc) is 2.05. The van der Waals surface area contributed by atoms with Crippen LogP contribution in [0.25, 0.3) is 0 Å². The van der Waals surface area contributed by atoms with Gasteiger partial charge >= 0.3 is 0 Å². The van der Waals surface area contributed by atoms with Crippen LogP contribution in [0.5, 0.6) is 0 Å². The van der Waals surface area contributed by atoms with Crippen molar-refractivity contribution in [3.63, 3.8) is 0 Å². The van der Waals surface area contributed by atoms with Gasteiger partial charge in [0.2, 0.25) is 0 Å². The highest BCUT2D eigenvalue weighted by Crippen LogP contribution is 2.20. The summed E-state index contributed by atoms with van der Waals surface area (Å²) in [5.74, 6) is 0. The lowest BCUT2D eigenvalue weighted by Gasteiger charge is -2.10. The quantitative estimate of drug-likeness (QED) is 0.298. The zero-order valence-electron chi connectivity index (χ0n) is 8.24. The maximum absolute atomic E-state index is 2.61. The SMILES string of the molecule is CCCC(I)CCCC(I)CCI. The molecule has 0 aromatic rings. The highest BCUT2D eigenvalue weighted by Gasteiger charge is 2.05. The van der Waals surface area contributed by atoms with Gasteiger partial charge in [-0.1, -0.05) is 87.5 Å². The van der Waals surface area contributed by atoms with E-state index in [0.717, 1.165) is 7.85 Å². The van der Waals surface area contributed by atoms with E-state index in [1.165, 1.54) is 43.0 Å². The third kappa shape index (κ3) is 10.5. The second-order valence-corrected chi connectivity index (χ2v) is 7.99. The third-order valence-corrected chi connectivity index (χ3v) is 5.17. The summed E-state index contributed by atoms with van der Waals surface area (Å²) in [5.41, 5.74) is 0. The van der Waals surface area contributed by atoms with Gasteiger partial charge in [-0.25, -0.2) is 0 Å². The fourth-order valence-electron chi connectivity index (χ4n) is 1.28. The molecule has 0 aliphatic heterocycles. The first-order valence-electron chi connectivity index (χ1n) is 5.04. The van der Waals surface area contributed by atoms with Gasteiger partial charge < -0.3 is 0 Å². The zero-order chi connectivity index (χ0) is 10.1. The van der Waals surface area contributed by atoms with E-state index < -0.39 is 0 Å². The van der Waals surface area contributed by atoms with E-state index in [4.69, 9.17) is 0 Å². The minimum Gasteiger partial charge on any atom is -0.0863 e. The van der Waals surface area contributed by atoms with E-state index in [2.05, 4.69) is 74.7 Å². The Kier molecular flexibility index (Phi) is 12.5. The highest BCUT2D eigenvalue weighted by atomic mass is 127. The molecular weight excluding hydrogens is 501 g/mol. The molecule has 0 amide bonds. The summed E-state index contributed by atoms with van der Waals surface area (Å²) in [7, 11) is 0. The molecule has 0 spiro atoms. The molecule has 13 heavy (non-hydrogen) atoms. The summed E-state index contributed by atoms with van der Waals surface area (Å²) >= 11 is 7.68. The van der Waals surface area contributed by atoms with Crippen molar-refractivity contribution in [2.45, 2.75) is 53.3 Å². The normalized spacial score (nSPS) is 15.7. The first kappa shape index (κ1) is 15.2. The molecule has 0 heterocycles. The molecule has 0 aromatic heterocycles. The van der Waals surface area contributed by atoms with Crippen molar-refractivity contribution in [2.24, 2.45) is 0 Å². The standard InChI is InChI=1S/C10H19I3/c1-2-4-9(12)5-3-6-10(13)7-8-11/h9-10H,2-8H2,1H3. The Morgan fingerprint density at radius 2 is 1.46 bits per heavy atom. The average molecular weight is 520 g/mol. The van der Waals surface area contributed by atoms with Gasteiger partial charge in [-0.15, -0.1) is 0 Å². The molecule has 0 rings (SSSR count). The Morgan fingerprint density at radius 1 is 0.923 bits per heavy atom. The van der Waals surface area contributed by atoms with Crippen molar-refractivity contribution in [2.75, 3.05) is 4.43 Å². The largest absolute Gasteiger partial charge is 0.0863 e. The Balaban J connectivity index is 3.23. The number of halogens is 3. The van der Waals surface area contributed by atoms with Crippen LogP contribution in [0.15, 0.2) is 0 Å². The summed E-state index contributed by atoms with van der Waals surface area (Å²) in [6.45, 7) is 2.28. The van der Waals surface area contributed by atoms with Crippen LogP contribution >= 0.6 is 67.8 Å².